The Labute approximate surface area is 183 Å². The second-order valence-corrected chi connectivity index (χ2v) is 8.36. The van der Waals surface area contributed by atoms with Gasteiger partial charge in [-0.25, -0.2) is 0 Å². The predicted molar refractivity (Wildman–Crippen MR) is 120 cm³/mol. The Morgan fingerprint density at radius 1 is 0.844 bits per heavy atom. The number of phenols is 1. The van der Waals surface area contributed by atoms with E-state index < -0.39 is 26.5 Å². The molecular formula is C23H17N3O5S. The molecule has 0 fully saturated rings. The number of nitrogens with zero attached hydrogens (tertiary/aromatic N) is 2. The molecule has 0 aliphatic carbocycles. The number of ketones is 1. The Hall–Kier alpha value is -4.08. The second kappa shape index (κ2) is 8.22. The zero-order chi connectivity index (χ0) is 22.9. The van der Waals surface area contributed by atoms with Gasteiger partial charge in [-0.1, -0.05) is 30.3 Å². The monoisotopic (exact) mass is 447 g/mol. The number of benzene rings is 4. The predicted octanol–water partition coefficient (Wildman–Crippen LogP) is 5.02. The van der Waals surface area contributed by atoms with E-state index in [1.54, 1.807) is 42.5 Å². The third kappa shape index (κ3) is 4.20. The van der Waals surface area contributed by atoms with Gasteiger partial charge in [0.15, 0.2) is 11.5 Å². The van der Waals surface area contributed by atoms with Crippen LogP contribution in [0.3, 0.4) is 0 Å². The maximum absolute atomic E-state index is 12.5. The van der Waals surface area contributed by atoms with E-state index in [1.807, 2.05) is 6.07 Å². The van der Waals surface area contributed by atoms with E-state index in [4.69, 9.17) is 5.73 Å². The molecule has 0 atom stereocenters. The zero-order valence-corrected chi connectivity index (χ0v) is 17.3. The number of nitrogen functional groups attached to an aromatic ring is 1. The van der Waals surface area contributed by atoms with Crippen LogP contribution in [-0.2, 0) is 10.1 Å². The number of rotatable bonds is 5. The van der Waals surface area contributed by atoms with E-state index in [1.165, 1.54) is 24.3 Å². The first-order valence-corrected chi connectivity index (χ1v) is 10.8. The third-order valence-corrected chi connectivity index (χ3v) is 5.65. The molecule has 0 aliphatic rings. The number of fused-ring (bicyclic) bond motifs is 1. The molecule has 32 heavy (non-hydrogen) atoms. The van der Waals surface area contributed by atoms with Gasteiger partial charge in [0.1, 0.15) is 10.6 Å². The van der Waals surface area contributed by atoms with Gasteiger partial charge in [-0.2, -0.15) is 13.5 Å². The molecule has 0 aromatic heterocycles. The molecule has 0 bridgehead atoms. The van der Waals surface area contributed by atoms with E-state index in [-0.39, 0.29) is 5.78 Å². The first kappa shape index (κ1) is 21.2. The summed E-state index contributed by atoms with van der Waals surface area (Å²) in [4.78, 5) is 11.9. The number of carbonyl (C=O) groups is 1. The van der Waals surface area contributed by atoms with Crippen molar-refractivity contribution in [3.63, 3.8) is 0 Å². The fourth-order valence-corrected chi connectivity index (χ4v) is 3.86. The number of aromatic hydroxyl groups is 1. The topological polar surface area (TPSA) is 142 Å². The minimum absolute atomic E-state index is 0.158. The van der Waals surface area contributed by atoms with Crippen LogP contribution in [0.5, 0.6) is 5.75 Å². The summed E-state index contributed by atoms with van der Waals surface area (Å²) in [6.07, 6.45) is 0. The second-order valence-electron chi connectivity index (χ2n) is 6.97. The summed E-state index contributed by atoms with van der Waals surface area (Å²) in [7, 11) is -4.71. The molecule has 4 rings (SSSR count). The number of nitrogens with two attached hydrogens (primary N) is 1. The fourth-order valence-electron chi connectivity index (χ4n) is 3.21. The average molecular weight is 447 g/mol. The van der Waals surface area contributed by atoms with Crippen molar-refractivity contribution in [1.29, 1.82) is 0 Å². The summed E-state index contributed by atoms with van der Waals surface area (Å²) in [5, 5.41) is 19.0. The van der Waals surface area contributed by atoms with Crippen LogP contribution >= 0.6 is 0 Å². The van der Waals surface area contributed by atoms with Crippen LogP contribution in [0, 0.1) is 0 Å². The molecule has 4 aromatic carbocycles. The molecule has 160 valence electrons. The lowest BCUT2D eigenvalue weighted by Gasteiger charge is -2.09. The van der Waals surface area contributed by atoms with Crippen LogP contribution in [0.4, 0.5) is 17.1 Å². The van der Waals surface area contributed by atoms with Crippen LogP contribution in [0.1, 0.15) is 15.9 Å². The van der Waals surface area contributed by atoms with E-state index in [0.717, 1.165) is 6.07 Å². The quantitative estimate of drug-likeness (QED) is 0.170. The van der Waals surface area contributed by atoms with Crippen LogP contribution in [0.25, 0.3) is 10.8 Å². The van der Waals surface area contributed by atoms with Gasteiger partial charge < -0.3 is 10.8 Å². The van der Waals surface area contributed by atoms with E-state index in [2.05, 4.69) is 10.2 Å². The lowest BCUT2D eigenvalue weighted by molar-refractivity contribution is 0.103. The van der Waals surface area contributed by atoms with Crippen LogP contribution < -0.4 is 5.73 Å². The number of phenolic OH excluding ortho intramolecular Hbond substituents is 1. The maximum atomic E-state index is 12.5. The third-order valence-electron chi connectivity index (χ3n) is 4.78. The van der Waals surface area contributed by atoms with Crippen molar-refractivity contribution >= 4 is 43.7 Å². The van der Waals surface area contributed by atoms with Gasteiger partial charge >= 0.3 is 0 Å². The summed E-state index contributed by atoms with van der Waals surface area (Å²) < 4.78 is 33.4. The Morgan fingerprint density at radius 2 is 1.50 bits per heavy atom. The molecule has 0 heterocycles. The highest BCUT2D eigenvalue weighted by Gasteiger charge is 2.22. The van der Waals surface area contributed by atoms with Gasteiger partial charge in [0.2, 0.25) is 0 Å². The highest BCUT2D eigenvalue weighted by atomic mass is 32.2. The first-order valence-electron chi connectivity index (χ1n) is 9.38. The lowest BCUT2D eigenvalue weighted by atomic mass is 10.0. The molecular weight excluding hydrogens is 430 g/mol. The van der Waals surface area contributed by atoms with Crippen LogP contribution in [0.2, 0.25) is 0 Å². The molecule has 0 unspecified atom stereocenters. The summed E-state index contributed by atoms with van der Waals surface area (Å²) in [6.45, 7) is 0. The summed E-state index contributed by atoms with van der Waals surface area (Å²) in [6, 6.07) is 20.7. The number of anilines is 1. The minimum atomic E-state index is -4.71. The highest BCUT2D eigenvalue weighted by molar-refractivity contribution is 7.86. The molecule has 4 N–H and O–H groups in total. The van der Waals surface area contributed by atoms with Crippen molar-refractivity contribution < 1.29 is 22.9 Å². The van der Waals surface area contributed by atoms with Gasteiger partial charge in [-0.3, -0.25) is 9.35 Å². The van der Waals surface area contributed by atoms with Crippen molar-refractivity contribution in [3.8, 4) is 5.75 Å². The number of azo groups is 1. The number of carbonyl (C=O) groups excluding carboxylic acids is 1. The molecule has 4 aromatic rings. The normalized spacial score (nSPS) is 11.8. The molecule has 0 spiro atoms. The van der Waals surface area contributed by atoms with Crippen molar-refractivity contribution in [2.24, 2.45) is 10.2 Å². The molecule has 9 heteroatoms. The smallest absolute Gasteiger partial charge is 0.296 e. The zero-order valence-electron chi connectivity index (χ0n) is 16.5. The molecule has 8 nitrogen and oxygen atoms in total. The first-order chi connectivity index (χ1) is 15.2. The van der Waals surface area contributed by atoms with Gasteiger partial charge in [-0.15, -0.1) is 5.11 Å². The van der Waals surface area contributed by atoms with Gasteiger partial charge in [0.25, 0.3) is 10.1 Å². The molecule has 0 saturated heterocycles. The average Bonchev–Trinajstić information content (AvgIpc) is 2.78. The largest absolute Gasteiger partial charge is 0.505 e. The molecule has 0 saturated carbocycles. The number of hydrogen-bond acceptors (Lipinski definition) is 7. The highest BCUT2D eigenvalue weighted by Crippen LogP contribution is 2.41. The Kier molecular flexibility index (Phi) is 5.43. The fraction of sp³-hybridized carbons (Fsp3) is 0. The summed E-state index contributed by atoms with van der Waals surface area (Å²) in [5.74, 6) is -0.621. The molecule has 0 aliphatic heterocycles. The molecule has 0 amide bonds. The Morgan fingerprint density at radius 3 is 2.16 bits per heavy atom. The van der Waals surface area contributed by atoms with E-state index in [9.17, 15) is 22.9 Å². The van der Waals surface area contributed by atoms with Crippen LogP contribution in [-0.4, -0.2) is 23.9 Å². The Bertz CT molecular complexity index is 1470. The van der Waals surface area contributed by atoms with Crippen molar-refractivity contribution in [2.45, 2.75) is 4.90 Å². The number of hydrogen-bond donors (Lipinski definition) is 3. The maximum Gasteiger partial charge on any atom is 0.296 e. The minimum Gasteiger partial charge on any atom is -0.505 e. The van der Waals surface area contributed by atoms with E-state index >= 15 is 0 Å². The summed E-state index contributed by atoms with van der Waals surface area (Å²) >= 11 is 0. The Balaban J connectivity index is 1.71. The summed E-state index contributed by atoms with van der Waals surface area (Å²) in [5.41, 5.74) is 6.97. The van der Waals surface area contributed by atoms with E-state index in [0.29, 0.717) is 33.3 Å². The van der Waals surface area contributed by atoms with Crippen LogP contribution in [0.15, 0.2) is 94.0 Å². The van der Waals surface area contributed by atoms with Crippen molar-refractivity contribution in [3.05, 3.63) is 90.0 Å². The standard InChI is InChI=1S/C23H17N3O5S/c24-17-8-11-19-16(12-17)13-20(32(29,30)31)21(23(19)28)26-25-18-9-6-15(7-10-18)22(27)14-4-2-1-3-5-14/h1-13,28H,24H2,(H,29,30,31). The lowest BCUT2D eigenvalue weighted by Crippen LogP contribution is -2.00. The van der Waals surface area contributed by atoms with Gasteiger partial charge in [-0.05, 0) is 53.9 Å². The van der Waals surface area contributed by atoms with Gasteiger partial charge in [0, 0.05) is 22.2 Å². The molecule has 0 radical (unpaired) electrons. The van der Waals surface area contributed by atoms with Crippen molar-refractivity contribution in [1.82, 2.24) is 0 Å². The SMILES string of the molecule is Nc1ccc2c(O)c(N=Nc3ccc(C(=O)c4ccccc4)cc3)c(S(=O)(=O)O)cc2c1. The van der Waals surface area contributed by atoms with Crippen molar-refractivity contribution in [2.75, 3.05) is 5.73 Å². The van der Waals surface area contributed by atoms with Gasteiger partial charge in [0.05, 0.1) is 5.69 Å².